The molecule has 1 nitrogen and oxygen atoms in total. The van der Waals surface area contributed by atoms with Crippen molar-refractivity contribution in [2.24, 2.45) is 5.92 Å². The third-order valence-corrected chi connectivity index (χ3v) is 4.59. The molecule has 0 aliphatic heterocycles. The van der Waals surface area contributed by atoms with Crippen molar-refractivity contribution in [1.82, 2.24) is 5.32 Å². The monoisotopic (exact) mass is 261 g/mol. The molecule has 1 aromatic carbocycles. The number of benzene rings is 1. The molecule has 2 aliphatic carbocycles. The third-order valence-electron chi connectivity index (χ3n) is 4.59. The van der Waals surface area contributed by atoms with Crippen LogP contribution in [0.2, 0.25) is 0 Å². The molecule has 2 saturated carbocycles. The van der Waals surface area contributed by atoms with E-state index in [0.29, 0.717) is 12.1 Å². The topological polar surface area (TPSA) is 12.0 Å². The van der Waals surface area contributed by atoms with Crippen LogP contribution in [0.15, 0.2) is 24.3 Å². The second kappa shape index (κ2) is 6.04. The van der Waals surface area contributed by atoms with Crippen molar-refractivity contribution < 1.29 is 4.39 Å². The SMILES string of the molecule is Fc1ccc(C(NC2CCCCCC2)C2CC2)cc1. The summed E-state index contributed by atoms with van der Waals surface area (Å²) < 4.78 is 13.1. The van der Waals surface area contributed by atoms with E-state index in [1.54, 1.807) is 12.1 Å². The summed E-state index contributed by atoms with van der Waals surface area (Å²) in [4.78, 5) is 0. The molecule has 1 atom stereocenters. The van der Waals surface area contributed by atoms with Gasteiger partial charge in [-0.25, -0.2) is 4.39 Å². The molecule has 2 aliphatic rings. The molecular weight excluding hydrogens is 237 g/mol. The Kier molecular flexibility index (Phi) is 4.17. The molecule has 2 heteroatoms. The molecular formula is C17H24FN. The Morgan fingerprint density at radius 2 is 1.53 bits per heavy atom. The summed E-state index contributed by atoms with van der Waals surface area (Å²) in [7, 11) is 0. The van der Waals surface area contributed by atoms with E-state index in [0.717, 1.165) is 5.92 Å². The van der Waals surface area contributed by atoms with Gasteiger partial charge in [-0.2, -0.15) is 0 Å². The van der Waals surface area contributed by atoms with Crippen molar-refractivity contribution in [3.05, 3.63) is 35.6 Å². The Labute approximate surface area is 115 Å². The molecule has 1 unspecified atom stereocenters. The van der Waals surface area contributed by atoms with E-state index in [2.05, 4.69) is 5.32 Å². The van der Waals surface area contributed by atoms with E-state index in [4.69, 9.17) is 0 Å². The fourth-order valence-corrected chi connectivity index (χ4v) is 3.30. The van der Waals surface area contributed by atoms with E-state index in [1.807, 2.05) is 12.1 Å². The average molecular weight is 261 g/mol. The molecule has 19 heavy (non-hydrogen) atoms. The van der Waals surface area contributed by atoms with Crippen LogP contribution in [-0.4, -0.2) is 6.04 Å². The number of hydrogen-bond acceptors (Lipinski definition) is 1. The van der Waals surface area contributed by atoms with Gasteiger partial charge in [0.05, 0.1) is 0 Å². The summed E-state index contributed by atoms with van der Waals surface area (Å²) in [6.45, 7) is 0. The van der Waals surface area contributed by atoms with Crippen LogP contribution in [0.25, 0.3) is 0 Å². The standard InChI is InChI=1S/C17H24FN/c18-15-11-9-14(10-12-15)17(13-7-8-13)19-16-5-3-1-2-4-6-16/h9-13,16-17,19H,1-8H2. The van der Waals surface area contributed by atoms with Gasteiger partial charge in [-0.15, -0.1) is 0 Å². The first-order valence-corrected chi connectivity index (χ1v) is 7.84. The van der Waals surface area contributed by atoms with Gasteiger partial charge in [-0.1, -0.05) is 37.8 Å². The molecule has 0 spiro atoms. The maximum atomic E-state index is 13.1. The van der Waals surface area contributed by atoms with Crippen LogP contribution in [-0.2, 0) is 0 Å². The van der Waals surface area contributed by atoms with E-state index in [1.165, 1.54) is 56.9 Å². The van der Waals surface area contributed by atoms with Crippen LogP contribution in [0, 0.1) is 11.7 Å². The lowest BCUT2D eigenvalue weighted by Crippen LogP contribution is -2.33. The summed E-state index contributed by atoms with van der Waals surface area (Å²) in [5.74, 6) is 0.640. The highest BCUT2D eigenvalue weighted by Gasteiger charge is 2.33. The van der Waals surface area contributed by atoms with Crippen LogP contribution in [0.5, 0.6) is 0 Å². The minimum atomic E-state index is -0.132. The van der Waals surface area contributed by atoms with Gasteiger partial charge in [0.2, 0.25) is 0 Å². The molecule has 0 saturated heterocycles. The van der Waals surface area contributed by atoms with Crippen molar-refractivity contribution >= 4 is 0 Å². The van der Waals surface area contributed by atoms with Gasteiger partial charge >= 0.3 is 0 Å². The lowest BCUT2D eigenvalue weighted by molar-refractivity contribution is 0.373. The molecule has 1 aromatic rings. The van der Waals surface area contributed by atoms with Gasteiger partial charge in [0.1, 0.15) is 5.82 Å². The highest BCUT2D eigenvalue weighted by molar-refractivity contribution is 5.22. The zero-order valence-corrected chi connectivity index (χ0v) is 11.6. The zero-order valence-electron chi connectivity index (χ0n) is 11.6. The number of nitrogens with one attached hydrogen (secondary N) is 1. The second-order valence-electron chi connectivity index (χ2n) is 6.22. The Morgan fingerprint density at radius 3 is 2.11 bits per heavy atom. The summed E-state index contributed by atoms with van der Waals surface area (Å²) in [5, 5.41) is 3.87. The fourth-order valence-electron chi connectivity index (χ4n) is 3.30. The highest BCUT2D eigenvalue weighted by atomic mass is 19.1. The first-order valence-electron chi connectivity index (χ1n) is 7.84. The molecule has 0 bridgehead atoms. The molecule has 104 valence electrons. The molecule has 0 heterocycles. The quantitative estimate of drug-likeness (QED) is 0.782. The van der Waals surface area contributed by atoms with E-state index < -0.39 is 0 Å². The van der Waals surface area contributed by atoms with Crippen LogP contribution < -0.4 is 5.32 Å². The maximum Gasteiger partial charge on any atom is 0.123 e. The highest BCUT2D eigenvalue weighted by Crippen LogP contribution is 2.41. The number of rotatable bonds is 4. The Hall–Kier alpha value is -0.890. The van der Waals surface area contributed by atoms with Gasteiger partial charge in [0, 0.05) is 12.1 Å². The van der Waals surface area contributed by atoms with Crippen LogP contribution in [0.3, 0.4) is 0 Å². The Balaban J connectivity index is 1.68. The maximum absolute atomic E-state index is 13.1. The predicted octanol–water partition coefficient (Wildman–Crippen LogP) is 4.59. The van der Waals surface area contributed by atoms with Crippen molar-refractivity contribution in [1.29, 1.82) is 0 Å². The molecule has 1 N–H and O–H groups in total. The molecule has 2 fully saturated rings. The lowest BCUT2D eigenvalue weighted by Gasteiger charge is -2.25. The van der Waals surface area contributed by atoms with Crippen molar-refractivity contribution in [2.75, 3.05) is 0 Å². The largest absolute Gasteiger partial charge is 0.307 e. The van der Waals surface area contributed by atoms with E-state index in [9.17, 15) is 4.39 Å². The van der Waals surface area contributed by atoms with E-state index >= 15 is 0 Å². The average Bonchev–Trinajstić information content (AvgIpc) is 3.25. The van der Waals surface area contributed by atoms with Crippen molar-refractivity contribution in [2.45, 2.75) is 63.5 Å². The van der Waals surface area contributed by atoms with Crippen molar-refractivity contribution in [3.8, 4) is 0 Å². The van der Waals surface area contributed by atoms with Gasteiger partial charge in [0.25, 0.3) is 0 Å². The first-order chi connectivity index (χ1) is 9.33. The Morgan fingerprint density at radius 1 is 0.895 bits per heavy atom. The minimum absolute atomic E-state index is 0.132. The summed E-state index contributed by atoms with van der Waals surface area (Å²) in [6.07, 6.45) is 10.8. The normalized spacial score (nSPS) is 23.0. The molecule has 0 amide bonds. The van der Waals surface area contributed by atoms with Gasteiger partial charge in [0.15, 0.2) is 0 Å². The van der Waals surface area contributed by atoms with Crippen molar-refractivity contribution in [3.63, 3.8) is 0 Å². The van der Waals surface area contributed by atoms with Gasteiger partial charge in [-0.05, 0) is 49.3 Å². The summed E-state index contributed by atoms with van der Waals surface area (Å²) in [6, 6.07) is 8.23. The minimum Gasteiger partial charge on any atom is -0.307 e. The molecule has 3 rings (SSSR count). The first kappa shape index (κ1) is 13.1. The molecule has 0 radical (unpaired) electrons. The lowest BCUT2D eigenvalue weighted by atomic mass is 9.99. The van der Waals surface area contributed by atoms with E-state index in [-0.39, 0.29) is 5.82 Å². The van der Waals surface area contributed by atoms with Crippen LogP contribution in [0.4, 0.5) is 4.39 Å². The summed E-state index contributed by atoms with van der Waals surface area (Å²) >= 11 is 0. The summed E-state index contributed by atoms with van der Waals surface area (Å²) in [5.41, 5.74) is 1.27. The van der Waals surface area contributed by atoms with Gasteiger partial charge in [-0.3, -0.25) is 0 Å². The fraction of sp³-hybridized carbons (Fsp3) is 0.647. The zero-order chi connectivity index (χ0) is 13.1. The third kappa shape index (κ3) is 3.56. The number of hydrogen-bond donors (Lipinski definition) is 1. The van der Waals surface area contributed by atoms with Gasteiger partial charge < -0.3 is 5.32 Å². The molecule has 0 aromatic heterocycles. The Bertz CT molecular complexity index is 388. The van der Waals surface area contributed by atoms with Crippen LogP contribution >= 0.6 is 0 Å². The predicted molar refractivity (Wildman–Crippen MR) is 76.5 cm³/mol. The van der Waals surface area contributed by atoms with Crippen LogP contribution in [0.1, 0.15) is 63.0 Å². The smallest absolute Gasteiger partial charge is 0.123 e. The number of halogens is 1. The second-order valence-corrected chi connectivity index (χ2v) is 6.22.